The second-order valence-electron chi connectivity index (χ2n) is 6.50. The van der Waals surface area contributed by atoms with Crippen molar-refractivity contribution in [1.82, 2.24) is 4.98 Å². The normalized spacial score (nSPS) is 11.8. The van der Waals surface area contributed by atoms with E-state index in [1.165, 1.54) is 18.2 Å². The lowest BCUT2D eigenvalue weighted by Crippen LogP contribution is -2.15. The zero-order valence-electron chi connectivity index (χ0n) is 16.9. The van der Waals surface area contributed by atoms with E-state index in [4.69, 9.17) is 60.6 Å². The van der Waals surface area contributed by atoms with E-state index in [1.807, 2.05) is 0 Å². The minimum Gasteiger partial charge on any atom is -0.490 e. The summed E-state index contributed by atoms with van der Waals surface area (Å²) in [6.07, 6.45) is -7.82. The van der Waals surface area contributed by atoms with Gasteiger partial charge in [0, 0.05) is 18.3 Å². The van der Waals surface area contributed by atoms with Gasteiger partial charge in [0.2, 0.25) is 5.88 Å². The molecule has 188 valence electrons. The van der Waals surface area contributed by atoms with Gasteiger partial charge in [0.05, 0.1) is 28.8 Å². The van der Waals surface area contributed by atoms with Gasteiger partial charge in [-0.1, -0.05) is 46.4 Å². The molecule has 0 amide bonds. The summed E-state index contributed by atoms with van der Waals surface area (Å²) in [7, 11) is 0. The van der Waals surface area contributed by atoms with Crippen LogP contribution in [0.1, 0.15) is 24.0 Å². The van der Waals surface area contributed by atoms with Crippen LogP contribution in [0.3, 0.4) is 0 Å². The third-order valence-corrected chi connectivity index (χ3v) is 4.84. The van der Waals surface area contributed by atoms with Crippen LogP contribution < -0.4 is 14.2 Å². The lowest BCUT2D eigenvalue weighted by molar-refractivity contribution is -0.144. The smallest absolute Gasteiger partial charge is 0.421 e. The van der Waals surface area contributed by atoms with Gasteiger partial charge in [0.15, 0.2) is 5.75 Å². The number of hydrogen-bond donors (Lipinski definition) is 0. The minimum absolute atomic E-state index is 0.0323. The van der Waals surface area contributed by atoms with E-state index >= 15 is 0 Å². The van der Waals surface area contributed by atoms with Crippen molar-refractivity contribution < 1.29 is 40.6 Å². The maximum atomic E-state index is 13.1. The predicted molar refractivity (Wildman–Crippen MR) is 116 cm³/mol. The first-order chi connectivity index (χ1) is 15.8. The van der Waals surface area contributed by atoms with E-state index in [2.05, 4.69) is 4.98 Å². The van der Waals surface area contributed by atoms with E-state index in [-0.39, 0.29) is 58.8 Å². The molecule has 1 heterocycles. The first-order valence-corrected chi connectivity index (χ1v) is 10.8. The third kappa shape index (κ3) is 8.79. The Bertz CT molecular complexity index is 988. The van der Waals surface area contributed by atoms with Crippen LogP contribution in [0.25, 0.3) is 0 Å². The number of hydrogen-bond acceptors (Lipinski definition) is 4. The van der Waals surface area contributed by atoms with Gasteiger partial charge in [0.1, 0.15) is 22.4 Å². The van der Waals surface area contributed by atoms with Crippen molar-refractivity contribution in [3.05, 3.63) is 56.1 Å². The van der Waals surface area contributed by atoms with Gasteiger partial charge >= 0.3 is 12.4 Å². The number of rotatable bonds is 10. The van der Waals surface area contributed by atoms with E-state index in [9.17, 15) is 26.3 Å². The molecule has 0 unspecified atom stereocenters. The first kappa shape index (κ1) is 28.5. The Morgan fingerprint density at radius 1 is 0.853 bits per heavy atom. The lowest BCUT2D eigenvalue weighted by Gasteiger charge is -2.15. The van der Waals surface area contributed by atoms with Crippen LogP contribution in [0.2, 0.25) is 10.0 Å². The molecule has 0 spiro atoms. The average Bonchev–Trinajstić information content (AvgIpc) is 2.70. The molecule has 0 atom stereocenters. The molecule has 0 radical (unpaired) electrons. The molecule has 0 saturated carbocycles. The number of ether oxygens (including phenoxy) is 3. The second kappa shape index (κ2) is 12.3. The van der Waals surface area contributed by atoms with Crippen LogP contribution in [-0.2, 0) is 12.4 Å². The Hall–Kier alpha value is -1.75. The van der Waals surface area contributed by atoms with Crippen molar-refractivity contribution in [1.29, 1.82) is 0 Å². The largest absolute Gasteiger partial charge is 0.490 e. The van der Waals surface area contributed by atoms with Crippen LogP contribution in [0.4, 0.5) is 26.3 Å². The molecule has 4 nitrogen and oxygen atoms in total. The van der Waals surface area contributed by atoms with Crippen molar-refractivity contribution in [3.63, 3.8) is 0 Å². The average molecular weight is 573 g/mol. The fourth-order valence-electron chi connectivity index (χ4n) is 2.43. The summed E-state index contributed by atoms with van der Waals surface area (Å²) in [5.74, 6) is -0.425. The maximum absolute atomic E-state index is 13.1. The van der Waals surface area contributed by atoms with E-state index in [0.29, 0.717) is 12.2 Å². The fraction of sp³-hybridized carbons (Fsp3) is 0.350. The topological polar surface area (TPSA) is 40.6 Å². The van der Waals surface area contributed by atoms with Crippen LogP contribution in [0.5, 0.6) is 17.4 Å². The highest BCUT2D eigenvalue weighted by Gasteiger charge is 2.39. The van der Waals surface area contributed by atoms with Gasteiger partial charge in [-0.25, -0.2) is 4.98 Å². The number of alkyl halides is 6. The molecule has 0 fully saturated rings. The summed E-state index contributed by atoms with van der Waals surface area (Å²) in [5.41, 5.74) is -3.13. The molecule has 0 saturated heterocycles. The van der Waals surface area contributed by atoms with Gasteiger partial charge in [-0.15, -0.1) is 0 Å². The van der Waals surface area contributed by atoms with Crippen LogP contribution in [0, 0.1) is 0 Å². The number of nitrogens with zero attached hydrogens (tertiary/aromatic N) is 1. The Labute approximate surface area is 210 Å². The van der Waals surface area contributed by atoms with Crippen molar-refractivity contribution in [2.75, 3.05) is 19.8 Å². The van der Waals surface area contributed by atoms with Crippen molar-refractivity contribution in [3.8, 4) is 17.4 Å². The van der Waals surface area contributed by atoms with Gasteiger partial charge in [-0.05, 0) is 25.0 Å². The highest BCUT2D eigenvalue weighted by Crippen LogP contribution is 2.39. The minimum atomic E-state index is -5.07. The molecule has 34 heavy (non-hydrogen) atoms. The summed E-state index contributed by atoms with van der Waals surface area (Å²) in [6.45, 7) is -0.0745. The third-order valence-electron chi connectivity index (χ3n) is 3.97. The molecule has 14 heteroatoms. The molecule has 2 rings (SSSR count). The van der Waals surface area contributed by atoms with Gasteiger partial charge in [-0.2, -0.15) is 26.3 Å². The zero-order chi connectivity index (χ0) is 25.5. The van der Waals surface area contributed by atoms with Crippen molar-refractivity contribution in [2.45, 2.75) is 25.2 Å². The first-order valence-electron chi connectivity index (χ1n) is 9.32. The highest BCUT2D eigenvalue weighted by atomic mass is 35.5. The van der Waals surface area contributed by atoms with Gasteiger partial charge in [0.25, 0.3) is 0 Å². The Balaban J connectivity index is 1.88. The molecule has 1 aromatic heterocycles. The molecular formula is C20H15Cl4F6NO3. The summed E-state index contributed by atoms with van der Waals surface area (Å²) >= 11 is 23.2. The van der Waals surface area contributed by atoms with E-state index < -0.39 is 29.4 Å². The monoisotopic (exact) mass is 571 g/mol. The summed E-state index contributed by atoms with van der Waals surface area (Å²) in [5, 5.41) is 0.312. The molecule has 0 N–H and O–H groups in total. The molecule has 0 aliphatic carbocycles. The quantitative estimate of drug-likeness (QED) is 0.212. The number of benzene rings is 1. The van der Waals surface area contributed by atoms with Gasteiger partial charge in [-0.3, -0.25) is 0 Å². The highest BCUT2D eigenvalue weighted by molar-refractivity contribution is 6.55. The second-order valence-corrected chi connectivity index (χ2v) is 8.32. The fourth-order valence-corrected chi connectivity index (χ4v) is 3.13. The molecule has 0 aliphatic heterocycles. The Morgan fingerprint density at radius 3 is 1.97 bits per heavy atom. The van der Waals surface area contributed by atoms with Crippen molar-refractivity contribution >= 4 is 46.4 Å². The van der Waals surface area contributed by atoms with Crippen LogP contribution >= 0.6 is 46.4 Å². The summed E-state index contributed by atoms with van der Waals surface area (Å²) in [6, 6.07) is 2.87. The number of unbranched alkanes of at least 4 members (excludes halogenated alkanes) is 1. The SMILES string of the molecule is FC(F)(F)c1cnc(OCCCCOc2c(Cl)cc(OCC=C(Cl)Cl)cc2Cl)c(C(F)(F)F)c1. The van der Waals surface area contributed by atoms with E-state index in [0.717, 1.165) is 0 Å². The standard InChI is InChI=1S/C20H15Cl4F6NO3/c21-14-8-12(32-6-3-16(23)24)9-15(22)17(14)33-4-1-2-5-34-18-13(20(28,29)30)7-11(10-31-18)19(25,26)27/h3,7-10H,1-2,4-6H2. The number of halogens is 10. The molecule has 2 aromatic rings. The number of pyridine rings is 1. The summed E-state index contributed by atoms with van der Waals surface area (Å²) in [4.78, 5) is 3.18. The molecule has 0 aliphatic rings. The number of aromatic nitrogens is 1. The van der Waals surface area contributed by atoms with Crippen LogP contribution in [0.15, 0.2) is 35.0 Å². The molecule has 1 aromatic carbocycles. The molecule has 0 bridgehead atoms. The molecular weight excluding hydrogens is 558 g/mol. The Morgan fingerprint density at radius 2 is 1.44 bits per heavy atom. The Kier molecular flexibility index (Phi) is 10.3. The zero-order valence-corrected chi connectivity index (χ0v) is 19.9. The van der Waals surface area contributed by atoms with Gasteiger partial charge < -0.3 is 14.2 Å². The van der Waals surface area contributed by atoms with Crippen molar-refractivity contribution in [2.24, 2.45) is 0 Å². The summed E-state index contributed by atoms with van der Waals surface area (Å²) < 4.78 is 93.1. The predicted octanol–water partition coefficient (Wildman–Crippen LogP) is 8.36. The van der Waals surface area contributed by atoms with Crippen LogP contribution in [-0.4, -0.2) is 24.8 Å². The van der Waals surface area contributed by atoms with E-state index in [1.54, 1.807) is 0 Å². The lowest BCUT2D eigenvalue weighted by atomic mass is 10.2. The maximum Gasteiger partial charge on any atom is 0.421 e.